The molecule has 0 N–H and O–H groups in total. The topological polar surface area (TPSA) is 38.8 Å². The zero-order valence-electron chi connectivity index (χ0n) is 35.7. The van der Waals surface area contributed by atoms with E-state index in [0.717, 1.165) is 32.3 Å². The number of ether oxygens (including phenoxy) is 2. The number of rotatable bonds is 36. The van der Waals surface area contributed by atoms with Gasteiger partial charge in [0.2, 0.25) is 0 Å². The van der Waals surface area contributed by atoms with Crippen LogP contribution in [0.1, 0.15) is 188 Å². The lowest BCUT2D eigenvalue weighted by atomic mass is 9.97. The second kappa shape index (κ2) is 56.9. The molecule has 0 amide bonds. The van der Waals surface area contributed by atoms with E-state index in [1.54, 1.807) is 14.2 Å². The molecule has 6 heteroatoms. The van der Waals surface area contributed by atoms with Crippen LogP contribution < -0.4 is 0 Å². The molecule has 0 aromatic rings. The molecule has 4 nitrogen and oxygen atoms in total. The number of hydrogen-bond donors (Lipinski definition) is 2. The predicted molar refractivity (Wildman–Crippen MR) is 243 cm³/mol. The Kier molecular flexibility index (Phi) is 63.4. The Balaban J connectivity index is -0.000000424. The van der Waals surface area contributed by atoms with Crippen molar-refractivity contribution in [1.82, 2.24) is 4.90 Å². The zero-order chi connectivity index (χ0) is 39.6. The summed E-state index contributed by atoms with van der Waals surface area (Å²) in [4.78, 5) is 13.1. The maximum absolute atomic E-state index is 10.4. The Bertz CT molecular complexity index is 706. The molecule has 0 aliphatic rings. The van der Waals surface area contributed by atoms with Gasteiger partial charge in [-0.15, -0.1) is 29.9 Å². The molecule has 52 heavy (non-hydrogen) atoms. The van der Waals surface area contributed by atoms with Crippen LogP contribution in [0.25, 0.3) is 0 Å². The molecule has 0 aliphatic carbocycles. The number of aldehydes is 1. The van der Waals surface area contributed by atoms with Crippen LogP contribution in [0.2, 0.25) is 0 Å². The molecular weight excluding hydrogens is 679 g/mol. The minimum atomic E-state index is 0.680. The number of hydrogen-bond acceptors (Lipinski definition) is 6. The normalized spacial score (nSPS) is 11.4. The standard InChI is InChI=1S/C28H53NO.C10H20O.C8H16O.H2S2/c1-5-6-7-8-9-13-18-23-29(24-19-14-10-11-16-21-26-30)25-20-15-12-17-22-28(4)27(2)3;1-3-4-5-6-7-8-9-10-11-2;1-3-4-5-6-7-8-9-2;1-2/h5,26,28H,1-2,6-25H2,3-4H3;8-9H,3-7,10H2,1-2H3;6-7H,3-5,8H2,1-2H3;1-2H/b;9-8-;7-6-;. The number of unbranched alkanes of at least 4 members (excludes halogenated alkanes) is 19. The molecule has 0 aromatic carbocycles. The van der Waals surface area contributed by atoms with Gasteiger partial charge in [0, 0.05) is 20.6 Å². The molecule has 0 heterocycles. The molecule has 1 atom stereocenters. The third-order valence-corrected chi connectivity index (χ3v) is 9.19. The van der Waals surface area contributed by atoms with Crippen LogP contribution in [0.4, 0.5) is 0 Å². The van der Waals surface area contributed by atoms with Crippen LogP contribution in [0.15, 0.2) is 49.1 Å². The second-order valence-electron chi connectivity index (χ2n) is 14.2. The van der Waals surface area contributed by atoms with Crippen LogP contribution in [0.3, 0.4) is 0 Å². The van der Waals surface area contributed by atoms with Crippen LogP contribution in [-0.2, 0) is 14.3 Å². The average Bonchev–Trinajstić information content (AvgIpc) is 3.16. The summed E-state index contributed by atoms with van der Waals surface area (Å²) in [5, 5.41) is 0. The number of thiol groups is 2. The number of carbonyl (C=O) groups excluding carboxylic acids is 1. The molecule has 0 fully saturated rings. The molecule has 0 radical (unpaired) electrons. The summed E-state index contributed by atoms with van der Waals surface area (Å²) in [5.41, 5.74) is 1.33. The summed E-state index contributed by atoms with van der Waals surface area (Å²) in [6.07, 6.45) is 43.6. The van der Waals surface area contributed by atoms with Crippen molar-refractivity contribution in [3.63, 3.8) is 0 Å². The van der Waals surface area contributed by atoms with Gasteiger partial charge in [-0.1, -0.05) is 153 Å². The number of nitrogens with zero attached hydrogens (tertiary/aromatic N) is 1. The fraction of sp³-hybridized carbons (Fsp3) is 0.804. The summed E-state index contributed by atoms with van der Waals surface area (Å²) < 4.78 is 9.72. The van der Waals surface area contributed by atoms with Gasteiger partial charge in [0.05, 0.1) is 13.2 Å². The highest BCUT2D eigenvalue weighted by Gasteiger charge is 2.06. The first kappa shape index (κ1) is 57.9. The molecule has 0 aliphatic heterocycles. The first-order valence-corrected chi connectivity index (χ1v) is 22.9. The van der Waals surface area contributed by atoms with Gasteiger partial charge in [0.15, 0.2) is 0 Å². The highest BCUT2D eigenvalue weighted by atomic mass is 33.1. The minimum Gasteiger partial charge on any atom is -0.381 e. The van der Waals surface area contributed by atoms with Crippen molar-refractivity contribution in [1.29, 1.82) is 0 Å². The number of carbonyl (C=O) groups is 1. The van der Waals surface area contributed by atoms with E-state index in [1.165, 1.54) is 173 Å². The van der Waals surface area contributed by atoms with E-state index in [-0.39, 0.29) is 0 Å². The lowest BCUT2D eigenvalue weighted by molar-refractivity contribution is -0.107. The Morgan fingerprint density at radius 2 is 1.00 bits per heavy atom. The Hall–Kier alpha value is -0.790. The van der Waals surface area contributed by atoms with E-state index in [0.29, 0.717) is 5.92 Å². The van der Waals surface area contributed by atoms with Crippen LogP contribution in [0.5, 0.6) is 0 Å². The van der Waals surface area contributed by atoms with E-state index >= 15 is 0 Å². The van der Waals surface area contributed by atoms with Gasteiger partial charge in [-0.05, 0) is 96.7 Å². The Morgan fingerprint density at radius 1 is 0.596 bits per heavy atom. The van der Waals surface area contributed by atoms with E-state index < -0.39 is 0 Å². The average molecular weight is 770 g/mol. The Labute approximate surface area is 337 Å². The lowest BCUT2D eigenvalue weighted by Crippen LogP contribution is -2.27. The quantitative estimate of drug-likeness (QED) is 0.0219. The van der Waals surface area contributed by atoms with Crippen molar-refractivity contribution in [3.05, 3.63) is 49.1 Å². The van der Waals surface area contributed by atoms with E-state index in [9.17, 15) is 4.79 Å². The molecular formula is C46H91NO3S2. The molecule has 1 unspecified atom stereocenters. The fourth-order valence-electron chi connectivity index (χ4n) is 5.54. The van der Waals surface area contributed by atoms with Gasteiger partial charge >= 0.3 is 0 Å². The molecule has 310 valence electrons. The van der Waals surface area contributed by atoms with Gasteiger partial charge < -0.3 is 19.2 Å². The summed E-state index contributed by atoms with van der Waals surface area (Å²) >= 11 is 6.44. The van der Waals surface area contributed by atoms with E-state index in [4.69, 9.17) is 9.47 Å². The van der Waals surface area contributed by atoms with Crippen LogP contribution in [0, 0.1) is 5.92 Å². The van der Waals surface area contributed by atoms with Crippen molar-refractivity contribution in [2.24, 2.45) is 5.92 Å². The van der Waals surface area contributed by atoms with Gasteiger partial charge in [-0.2, -0.15) is 0 Å². The van der Waals surface area contributed by atoms with Gasteiger partial charge in [0.1, 0.15) is 6.29 Å². The maximum Gasteiger partial charge on any atom is 0.119 e. The lowest BCUT2D eigenvalue weighted by Gasteiger charge is -2.22. The highest BCUT2D eigenvalue weighted by Crippen LogP contribution is 2.17. The molecule has 0 spiro atoms. The van der Waals surface area contributed by atoms with Gasteiger partial charge in [-0.25, -0.2) is 0 Å². The third kappa shape index (κ3) is 58.5. The maximum atomic E-state index is 10.4. The summed E-state index contributed by atoms with van der Waals surface area (Å²) in [6.45, 7) is 22.1. The molecule has 0 bridgehead atoms. The SMILES string of the molecule is C=CCCCCCCCN(CCCCCCCC=O)CCCCCCC(C)C(=C)C.CCCC/C=C\COC.CCCCCC/C=C\COC.SS. The summed E-state index contributed by atoms with van der Waals surface area (Å²) in [5.74, 6) is 0.680. The van der Waals surface area contributed by atoms with E-state index in [1.807, 2.05) is 6.08 Å². The predicted octanol–water partition coefficient (Wildman–Crippen LogP) is 14.8. The first-order valence-electron chi connectivity index (χ1n) is 21.3. The van der Waals surface area contributed by atoms with Crippen molar-refractivity contribution >= 4 is 29.6 Å². The zero-order valence-corrected chi connectivity index (χ0v) is 37.5. The monoisotopic (exact) mass is 770 g/mol. The second-order valence-corrected chi connectivity index (χ2v) is 14.2. The van der Waals surface area contributed by atoms with Gasteiger partial charge in [-0.3, -0.25) is 0 Å². The van der Waals surface area contributed by atoms with Gasteiger partial charge in [0.25, 0.3) is 0 Å². The first-order chi connectivity index (χ1) is 25.4. The number of allylic oxidation sites excluding steroid dienone is 4. The Morgan fingerprint density at radius 3 is 1.44 bits per heavy atom. The van der Waals surface area contributed by atoms with Crippen LogP contribution >= 0.6 is 23.3 Å². The molecule has 0 aromatic heterocycles. The number of methoxy groups -OCH3 is 2. The summed E-state index contributed by atoms with van der Waals surface area (Å²) in [6, 6.07) is 0. The highest BCUT2D eigenvalue weighted by molar-refractivity contribution is 8.59. The third-order valence-electron chi connectivity index (χ3n) is 9.19. The van der Waals surface area contributed by atoms with Crippen LogP contribution in [-0.4, -0.2) is 58.3 Å². The van der Waals surface area contributed by atoms with E-state index in [2.05, 4.69) is 93.4 Å². The minimum absolute atomic E-state index is 0.680. The molecule has 0 rings (SSSR count). The fourth-order valence-corrected chi connectivity index (χ4v) is 5.54. The van der Waals surface area contributed by atoms with Crippen molar-refractivity contribution in [2.75, 3.05) is 47.1 Å². The molecule has 0 saturated carbocycles. The van der Waals surface area contributed by atoms with Crippen molar-refractivity contribution < 1.29 is 14.3 Å². The summed E-state index contributed by atoms with van der Waals surface area (Å²) in [7, 11) is 3.44. The smallest absolute Gasteiger partial charge is 0.119 e. The largest absolute Gasteiger partial charge is 0.381 e. The molecule has 0 saturated heterocycles. The van der Waals surface area contributed by atoms with Crippen molar-refractivity contribution in [3.8, 4) is 0 Å². The van der Waals surface area contributed by atoms with Crippen molar-refractivity contribution in [2.45, 2.75) is 188 Å².